The molecule has 6 nitrogen and oxygen atoms in total. The number of piperidine rings is 1. The topological polar surface area (TPSA) is 65.1 Å². The van der Waals surface area contributed by atoms with Crippen LogP contribution in [0.15, 0.2) is 60.9 Å². The molecule has 2 fully saturated rings. The number of benzene rings is 2. The van der Waals surface area contributed by atoms with E-state index < -0.39 is 0 Å². The van der Waals surface area contributed by atoms with Crippen molar-refractivity contribution in [1.82, 2.24) is 26.1 Å². The van der Waals surface area contributed by atoms with Gasteiger partial charge in [-0.15, -0.1) is 0 Å². The van der Waals surface area contributed by atoms with Crippen molar-refractivity contribution in [3.8, 4) is 0 Å². The van der Waals surface area contributed by atoms with Gasteiger partial charge in [-0.3, -0.25) is 5.43 Å². The highest BCUT2D eigenvalue weighted by Gasteiger charge is 2.29. The van der Waals surface area contributed by atoms with Crippen LogP contribution in [0.2, 0.25) is 0 Å². The van der Waals surface area contributed by atoms with Gasteiger partial charge < -0.3 is 10.2 Å². The molecule has 3 unspecified atom stereocenters. The summed E-state index contributed by atoms with van der Waals surface area (Å²) < 4.78 is 0. The van der Waals surface area contributed by atoms with Crippen molar-refractivity contribution in [2.75, 3.05) is 37.6 Å². The molecule has 2 saturated heterocycles. The number of nitrogens with one attached hydrogen (secondary N) is 3. The summed E-state index contributed by atoms with van der Waals surface area (Å²) in [6.07, 6.45) is 6.13. The molecule has 2 aliphatic heterocycles. The second-order valence-corrected chi connectivity index (χ2v) is 8.49. The molecular weight excluding hydrogens is 372 g/mol. The second-order valence-electron chi connectivity index (χ2n) is 8.49. The first-order valence-electron chi connectivity index (χ1n) is 11.1. The second kappa shape index (κ2) is 9.08. The predicted octanol–water partition coefficient (Wildman–Crippen LogP) is 2.90. The minimum Gasteiger partial charge on any atom is -0.341 e. The van der Waals surface area contributed by atoms with Gasteiger partial charge in [0, 0.05) is 44.5 Å². The lowest BCUT2D eigenvalue weighted by atomic mass is 9.90. The zero-order valence-corrected chi connectivity index (χ0v) is 17.3. The normalized spacial score (nSPS) is 24.4. The zero-order valence-electron chi connectivity index (χ0n) is 17.3. The summed E-state index contributed by atoms with van der Waals surface area (Å²) in [5.74, 6) is 2.02. The van der Waals surface area contributed by atoms with Crippen LogP contribution in [0.3, 0.4) is 0 Å². The van der Waals surface area contributed by atoms with E-state index in [4.69, 9.17) is 0 Å². The van der Waals surface area contributed by atoms with Crippen molar-refractivity contribution < 1.29 is 0 Å². The molecule has 0 spiro atoms. The third kappa shape index (κ3) is 4.17. The van der Waals surface area contributed by atoms with Gasteiger partial charge in [0.2, 0.25) is 5.95 Å². The highest BCUT2D eigenvalue weighted by molar-refractivity contribution is 5.86. The van der Waals surface area contributed by atoms with Gasteiger partial charge in [-0.2, -0.15) is 0 Å². The third-order valence-corrected chi connectivity index (χ3v) is 6.45. The van der Waals surface area contributed by atoms with Gasteiger partial charge >= 0.3 is 0 Å². The van der Waals surface area contributed by atoms with Crippen molar-refractivity contribution in [3.05, 3.63) is 66.5 Å². The van der Waals surface area contributed by atoms with Gasteiger partial charge in [-0.1, -0.05) is 42.5 Å². The first-order valence-corrected chi connectivity index (χ1v) is 11.1. The number of fused-ring (bicyclic) bond motifs is 1. The summed E-state index contributed by atoms with van der Waals surface area (Å²) in [5.41, 5.74) is 8.29. The van der Waals surface area contributed by atoms with Crippen molar-refractivity contribution in [2.45, 2.75) is 18.9 Å². The maximum Gasteiger partial charge on any atom is 0.225 e. The summed E-state index contributed by atoms with van der Waals surface area (Å²) >= 11 is 0. The molecule has 3 N–H and O–H groups in total. The maximum absolute atomic E-state index is 4.43. The summed E-state index contributed by atoms with van der Waals surface area (Å²) in [6.45, 7) is 5.12. The molecule has 0 amide bonds. The molecule has 30 heavy (non-hydrogen) atoms. The van der Waals surface area contributed by atoms with Crippen LogP contribution in [0.25, 0.3) is 10.8 Å². The fraction of sp³-hybridized carbons (Fsp3) is 0.417. The number of aromatic nitrogens is 2. The van der Waals surface area contributed by atoms with Gasteiger partial charge in [0.05, 0.1) is 6.04 Å². The van der Waals surface area contributed by atoms with E-state index in [1.165, 1.54) is 29.2 Å². The average Bonchev–Trinajstić information content (AvgIpc) is 3.28. The van der Waals surface area contributed by atoms with E-state index in [0.717, 1.165) is 38.7 Å². The van der Waals surface area contributed by atoms with Crippen molar-refractivity contribution in [2.24, 2.45) is 11.8 Å². The van der Waals surface area contributed by atoms with E-state index in [1.807, 2.05) is 18.5 Å². The van der Waals surface area contributed by atoms with Gasteiger partial charge in [0.1, 0.15) is 0 Å². The fourth-order valence-corrected chi connectivity index (χ4v) is 4.92. The van der Waals surface area contributed by atoms with Crippen LogP contribution in [-0.2, 0) is 0 Å². The molecule has 3 atom stereocenters. The van der Waals surface area contributed by atoms with Crippen molar-refractivity contribution >= 4 is 16.7 Å². The first-order chi connectivity index (χ1) is 14.9. The molecule has 1 aromatic heterocycles. The Hall–Kier alpha value is -2.54. The zero-order chi connectivity index (χ0) is 20.2. The lowest BCUT2D eigenvalue weighted by Crippen LogP contribution is -2.41. The SMILES string of the molecule is c1cnc(N2CCCC(CNCC3CNNC3c3cccc4ccccc34)C2)nc1. The number of rotatable bonds is 6. The van der Waals surface area contributed by atoms with Crippen molar-refractivity contribution in [3.63, 3.8) is 0 Å². The van der Waals surface area contributed by atoms with Gasteiger partial charge in [0.15, 0.2) is 0 Å². The van der Waals surface area contributed by atoms with Crippen LogP contribution in [0, 0.1) is 11.8 Å². The maximum atomic E-state index is 4.43. The summed E-state index contributed by atoms with van der Waals surface area (Å²) in [5, 5.41) is 6.42. The van der Waals surface area contributed by atoms with E-state index in [2.05, 4.69) is 73.5 Å². The van der Waals surface area contributed by atoms with Gasteiger partial charge in [0.25, 0.3) is 0 Å². The molecule has 3 aromatic rings. The van der Waals surface area contributed by atoms with Crippen molar-refractivity contribution in [1.29, 1.82) is 0 Å². The fourth-order valence-electron chi connectivity index (χ4n) is 4.92. The molecule has 3 heterocycles. The summed E-state index contributed by atoms with van der Waals surface area (Å²) in [6, 6.07) is 17.5. The van der Waals surface area contributed by atoms with E-state index in [-0.39, 0.29) is 0 Å². The minimum absolute atomic E-state index is 0.323. The lowest BCUT2D eigenvalue weighted by Gasteiger charge is -2.33. The van der Waals surface area contributed by atoms with E-state index in [1.54, 1.807) is 0 Å². The third-order valence-electron chi connectivity index (χ3n) is 6.45. The molecule has 2 aromatic carbocycles. The molecule has 5 rings (SSSR count). The first kappa shape index (κ1) is 19.4. The molecule has 0 aliphatic carbocycles. The monoisotopic (exact) mass is 402 g/mol. The number of hydrogen-bond acceptors (Lipinski definition) is 6. The standard InChI is InChI=1S/C24H30N6/c1-2-9-21-19(7-1)8-3-10-22(21)23-20(16-28-29-23)15-25-14-18-6-4-13-30(17-18)24-26-11-5-12-27-24/h1-3,5,7-12,18,20,23,25,28-29H,4,6,13-17H2. The van der Waals surface area contributed by atoms with E-state index in [9.17, 15) is 0 Å². The highest BCUT2D eigenvalue weighted by Crippen LogP contribution is 2.30. The van der Waals surface area contributed by atoms with Crippen LogP contribution < -0.4 is 21.1 Å². The average molecular weight is 403 g/mol. The van der Waals surface area contributed by atoms with Gasteiger partial charge in [-0.05, 0) is 47.7 Å². The molecule has 0 radical (unpaired) electrons. The number of hydrazine groups is 1. The van der Waals surface area contributed by atoms with Gasteiger partial charge in [-0.25, -0.2) is 15.4 Å². The highest BCUT2D eigenvalue weighted by atomic mass is 15.4. The molecule has 156 valence electrons. The smallest absolute Gasteiger partial charge is 0.225 e. The number of anilines is 1. The minimum atomic E-state index is 0.323. The Kier molecular flexibility index (Phi) is 5.88. The van der Waals surface area contributed by atoms with Crippen LogP contribution in [0.4, 0.5) is 5.95 Å². The lowest BCUT2D eigenvalue weighted by molar-refractivity contribution is 0.365. The molecule has 6 heteroatoms. The van der Waals surface area contributed by atoms with Crippen LogP contribution >= 0.6 is 0 Å². The van der Waals surface area contributed by atoms with Crippen LogP contribution in [-0.4, -0.2) is 42.7 Å². The Morgan fingerprint density at radius 1 is 1.00 bits per heavy atom. The Bertz CT molecular complexity index is 957. The quantitative estimate of drug-likeness (QED) is 0.589. The van der Waals surface area contributed by atoms with E-state index in [0.29, 0.717) is 17.9 Å². The summed E-state index contributed by atoms with van der Waals surface area (Å²) in [4.78, 5) is 11.2. The van der Waals surface area contributed by atoms with Crippen LogP contribution in [0.5, 0.6) is 0 Å². The largest absolute Gasteiger partial charge is 0.341 e. The Labute approximate surface area is 178 Å². The van der Waals surface area contributed by atoms with E-state index >= 15 is 0 Å². The molecule has 2 aliphatic rings. The molecule has 0 saturated carbocycles. The molecule has 0 bridgehead atoms. The Morgan fingerprint density at radius 3 is 2.80 bits per heavy atom. The van der Waals surface area contributed by atoms with Crippen LogP contribution in [0.1, 0.15) is 24.4 Å². The number of nitrogens with zero attached hydrogens (tertiary/aromatic N) is 3. The predicted molar refractivity (Wildman–Crippen MR) is 121 cm³/mol. The Balaban J connectivity index is 1.19. The number of hydrogen-bond donors (Lipinski definition) is 3. The Morgan fingerprint density at radius 2 is 1.87 bits per heavy atom. The summed E-state index contributed by atoms with van der Waals surface area (Å²) in [7, 11) is 0. The molecular formula is C24H30N6.